The second-order valence-corrected chi connectivity index (χ2v) is 8.99. The molecule has 5 N–H and O–H groups in total. The van der Waals surface area contributed by atoms with E-state index in [0.717, 1.165) is 0 Å². The molecule has 0 aliphatic carbocycles. The fourth-order valence-corrected chi connectivity index (χ4v) is 4.67. The van der Waals surface area contributed by atoms with Gasteiger partial charge in [-0.05, 0) is 26.0 Å². The Morgan fingerprint density at radius 1 is 1.34 bits per heavy atom. The van der Waals surface area contributed by atoms with E-state index < -0.39 is 25.4 Å². The van der Waals surface area contributed by atoms with Gasteiger partial charge in [-0.25, -0.2) is 10.1 Å². The number of aliphatic hydroxyl groups excluding tert-OH is 1. The number of hydrogen-bond acceptors (Lipinski definition) is 9. The number of fused-ring (bicyclic) bond motifs is 1. The zero-order chi connectivity index (χ0) is 23.1. The van der Waals surface area contributed by atoms with Crippen LogP contribution in [0, 0.1) is 0 Å². The van der Waals surface area contributed by atoms with Crippen LogP contribution in [0.5, 0.6) is 5.75 Å². The predicted octanol–water partition coefficient (Wildman–Crippen LogP) is 1.28. The van der Waals surface area contributed by atoms with E-state index in [2.05, 4.69) is 20.0 Å². The van der Waals surface area contributed by atoms with Crippen LogP contribution in [0.4, 0.5) is 5.95 Å². The summed E-state index contributed by atoms with van der Waals surface area (Å²) in [5, 5.41) is 12.8. The first-order valence-corrected chi connectivity index (χ1v) is 11.8. The lowest BCUT2D eigenvalue weighted by Crippen LogP contribution is -2.39. The number of nitrogens with one attached hydrogen (secondary N) is 2. The first kappa shape index (κ1) is 23.9. The van der Waals surface area contributed by atoms with Crippen LogP contribution < -0.4 is 20.9 Å². The number of para-hydroxylation sites is 1. The molecule has 32 heavy (non-hydrogen) atoms. The molecule has 0 fully saturated rings. The molecular formula is C19H27N6O6P. The molecule has 2 unspecified atom stereocenters. The Bertz CT molecular complexity index is 1120. The number of hydrogen-bond donors (Lipinski definition) is 4. The maximum Gasteiger partial charge on any atom is 0.342 e. The van der Waals surface area contributed by atoms with Crippen LogP contribution >= 0.6 is 7.52 Å². The maximum atomic E-state index is 13.4. The van der Waals surface area contributed by atoms with Crippen molar-refractivity contribution in [3.05, 3.63) is 47.0 Å². The van der Waals surface area contributed by atoms with Gasteiger partial charge in [0.25, 0.3) is 5.56 Å². The van der Waals surface area contributed by atoms with E-state index >= 15 is 0 Å². The van der Waals surface area contributed by atoms with E-state index in [0.29, 0.717) is 18.0 Å². The molecule has 3 rings (SSSR count). The number of aromatic amines is 1. The van der Waals surface area contributed by atoms with Gasteiger partial charge in [0.2, 0.25) is 5.95 Å². The molecule has 174 valence electrons. The van der Waals surface area contributed by atoms with Crippen LogP contribution in [0.15, 0.2) is 41.5 Å². The molecule has 2 aromatic heterocycles. The van der Waals surface area contributed by atoms with Crippen LogP contribution in [0.25, 0.3) is 11.2 Å². The zero-order valence-corrected chi connectivity index (χ0v) is 18.7. The minimum Gasteiger partial charge on any atom is -0.431 e. The SMILES string of the molecule is CCOC(O)[C@H](C)NP(=O)(COCCn1cnc2c(=O)[nH]c(N)nc21)Oc1ccccc1. The molecule has 0 radical (unpaired) electrons. The zero-order valence-electron chi connectivity index (χ0n) is 17.8. The number of imidazole rings is 1. The van der Waals surface area contributed by atoms with Crippen molar-refractivity contribution in [3.63, 3.8) is 0 Å². The monoisotopic (exact) mass is 466 g/mol. The van der Waals surface area contributed by atoms with Crippen molar-refractivity contribution in [2.24, 2.45) is 0 Å². The average Bonchev–Trinajstić information content (AvgIpc) is 3.15. The summed E-state index contributed by atoms with van der Waals surface area (Å²) in [5.74, 6) is 0.376. The van der Waals surface area contributed by atoms with E-state index in [1.165, 1.54) is 6.33 Å². The van der Waals surface area contributed by atoms with Crippen LogP contribution in [-0.2, 0) is 20.6 Å². The van der Waals surface area contributed by atoms with Crippen molar-refractivity contribution in [1.29, 1.82) is 0 Å². The molecule has 0 spiro atoms. The highest BCUT2D eigenvalue weighted by molar-refractivity contribution is 7.57. The molecule has 0 bridgehead atoms. The fraction of sp³-hybridized carbons (Fsp3) is 0.421. The third-order valence-corrected chi connectivity index (χ3v) is 6.22. The lowest BCUT2D eigenvalue weighted by atomic mass is 10.3. The van der Waals surface area contributed by atoms with Gasteiger partial charge in [0.1, 0.15) is 12.1 Å². The number of aliphatic hydroxyl groups is 1. The topological polar surface area (TPSA) is 167 Å². The lowest BCUT2D eigenvalue weighted by molar-refractivity contribution is -0.109. The summed E-state index contributed by atoms with van der Waals surface area (Å²) in [7, 11) is -3.57. The molecule has 0 saturated carbocycles. The Morgan fingerprint density at radius 3 is 2.81 bits per heavy atom. The van der Waals surface area contributed by atoms with Crippen LogP contribution in [0.1, 0.15) is 13.8 Å². The minimum absolute atomic E-state index is 0.0167. The molecule has 0 amide bonds. The van der Waals surface area contributed by atoms with E-state index in [1.54, 1.807) is 42.7 Å². The molecule has 3 atom stereocenters. The van der Waals surface area contributed by atoms with Crippen LogP contribution in [-0.4, -0.2) is 56.5 Å². The maximum absolute atomic E-state index is 13.4. The third-order valence-electron chi connectivity index (χ3n) is 4.39. The van der Waals surface area contributed by atoms with Crippen molar-refractivity contribution in [2.75, 3.05) is 25.3 Å². The van der Waals surface area contributed by atoms with Crippen molar-refractivity contribution in [2.45, 2.75) is 32.7 Å². The van der Waals surface area contributed by atoms with Crippen LogP contribution in [0.2, 0.25) is 0 Å². The van der Waals surface area contributed by atoms with Gasteiger partial charge in [-0.2, -0.15) is 4.98 Å². The Morgan fingerprint density at radius 2 is 2.09 bits per heavy atom. The summed E-state index contributed by atoms with van der Waals surface area (Å²) in [6.45, 7) is 4.09. The van der Waals surface area contributed by atoms with Crippen molar-refractivity contribution < 1.29 is 23.7 Å². The molecule has 0 aliphatic heterocycles. The Labute approximate surface area is 184 Å². The summed E-state index contributed by atoms with van der Waals surface area (Å²) in [4.78, 5) is 22.4. The predicted molar refractivity (Wildman–Crippen MR) is 118 cm³/mol. The number of ether oxygens (including phenoxy) is 2. The van der Waals surface area contributed by atoms with Gasteiger partial charge in [-0.1, -0.05) is 18.2 Å². The summed E-state index contributed by atoms with van der Waals surface area (Å²) in [5.41, 5.74) is 5.66. The van der Waals surface area contributed by atoms with Crippen LogP contribution in [0.3, 0.4) is 0 Å². The highest BCUT2D eigenvalue weighted by Crippen LogP contribution is 2.43. The second-order valence-electron chi connectivity index (χ2n) is 6.94. The number of nitrogen functional groups attached to an aromatic ring is 1. The largest absolute Gasteiger partial charge is 0.431 e. The van der Waals surface area contributed by atoms with Gasteiger partial charge in [-0.15, -0.1) is 0 Å². The molecule has 3 aromatic rings. The van der Waals surface area contributed by atoms with E-state index in [1.807, 2.05) is 6.07 Å². The standard InChI is InChI=1S/C19H27N6O6P/c1-3-30-18(27)13(2)24-32(28,31-14-7-5-4-6-8-14)12-29-10-9-25-11-21-15-16(25)22-19(20)23-17(15)26/h4-8,11,13,18,27H,3,9-10,12H2,1-2H3,(H,24,28)(H3,20,22,23,26)/t13-,18?,32?/m0/s1. The molecule has 0 aliphatic rings. The van der Waals surface area contributed by atoms with E-state index in [-0.39, 0.29) is 31.0 Å². The summed E-state index contributed by atoms with van der Waals surface area (Å²) in [6, 6.07) is 7.98. The van der Waals surface area contributed by atoms with Crippen molar-refractivity contribution in [3.8, 4) is 5.75 Å². The second kappa shape index (κ2) is 10.7. The first-order valence-electron chi connectivity index (χ1n) is 10.0. The highest BCUT2D eigenvalue weighted by Gasteiger charge is 2.30. The van der Waals surface area contributed by atoms with Gasteiger partial charge >= 0.3 is 7.52 Å². The van der Waals surface area contributed by atoms with Gasteiger partial charge < -0.3 is 29.4 Å². The number of rotatable bonds is 12. The van der Waals surface area contributed by atoms with Crippen molar-refractivity contribution >= 4 is 24.6 Å². The Hall–Kier alpha value is -2.76. The lowest BCUT2D eigenvalue weighted by Gasteiger charge is -2.26. The molecule has 12 nitrogen and oxygen atoms in total. The average molecular weight is 466 g/mol. The van der Waals surface area contributed by atoms with E-state index in [4.69, 9.17) is 19.7 Å². The third kappa shape index (κ3) is 6.15. The van der Waals surface area contributed by atoms with Gasteiger partial charge in [0.05, 0.1) is 19.0 Å². The molecule has 1 aromatic carbocycles. The molecular weight excluding hydrogens is 439 g/mol. The smallest absolute Gasteiger partial charge is 0.342 e. The molecule has 13 heteroatoms. The number of H-pyrrole nitrogens is 1. The number of benzene rings is 1. The highest BCUT2D eigenvalue weighted by atomic mass is 31.2. The summed E-state index contributed by atoms with van der Waals surface area (Å²) in [6.07, 6.45) is 0.0159. The number of nitrogens with two attached hydrogens (primary N) is 1. The summed E-state index contributed by atoms with van der Waals surface area (Å²) >= 11 is 0. The number of anilines is 1. The van der Waals surface area contributed by atoms with E-state index in [9.17, 15) is 14.5 Å². The van der Waals surface area contributed by atoms with Gasteiger partial charge in [0.15, 0.2) is 17.5 Å². The Kier molecular flexibility index (Phi) is 7.99. The molecule has 0 saturated heterocycles. The normalized spacial score (nSPS) is 15.3. The van der Waals surface area contributed by atoms with Gasteiger partial charge in [0, 0.05) is 13.2 Å². The Balaban J connectivity index is 1.66. The molecule has 2 heterocycles. The minimum atomic E-state index is -3.57. The number of aromatic nitrogens is 4. The quantitative estimate of drug-likeness (QED) is 0.173. The number of nitrogens with zero attached hydrogens (tertiary/aromatic N) is 3. The first-order chi connectivity index (χ1) is 15.3. The van der Waals surface area contributed by atoms with Gasteiger partial charge in [-0.3, -0.25) is 14.3 Å². The summed E-state index contributed by atoms with van der Waals surface area (Å²) < 4.78 is 31.5. The fourth-order valence-electron chi connectivity index (χ4n) is 2.91. The van der Waals surface area contributed by atoms with Crippen molar-refractivity contribution in [1.82, 2.24) is 24.6 Å².